The average Bonchev–Trinajstić information content (AvgIpc) is 3.38. The summed E-state index contributed by atoms with van der Waals surface area (Å²) in [5.41, 5.74) is 0.271. The smallest absolute Gasteiger partial charge is 0.286 e. The molecule has 0 unspecified atom stereocenters. The van der Waals surface area contributed by atoms with Gasteiger partial charge in [0, 0.05) is 12.2 Å². The number of nitrogens with zero attached hydrogens (tertiary/aromatic N) is 3. The highest BCUT2D eigenvalue weighted by Crippen LogP contribution is 2.37. The number of rotatable bonds is 5. The van der Waals surface area contributed by atoms with Gasteiger partial charge in [-0.15, -0.1) is 10.2 Å². The fourth-order valence-corrected chi connectivity index (χ4v) is 5.89. The maximum atomic E-state index is 13.5. The minimum atomic E-state index is -3.93. The molecule has 1 aromatic heterocycles. The fraction of sp³-hybridized carbons (Fsp3) is 0.211. The third kappa shape index (κ3) is 4.09. The van der Waals surface area contributed by atoms with Gasteiger partial charge in [-0.2, -0.15) is 4.31 Å². The van der Waals surface area contributed by atoms with Crippen LogP contribution in [0.25, 0.3) is 0 Å². The van der Waals surface area contributed by atoms with Crippen molar-refractivity contribution in [2.45, 2.75) is 23.8 Å². The van der Waals surface area contributed by atoms with Crippen molar-refractivity contribution in [2.24, 2.45) is 0 Å². The number of sulfonamides is 1. The van der Waals surface area contributed by atoms with Crippen LogP contribution in [0.3, 0.4) is 0 Å². The Morgan fingerprint density at radius 3 is 2.57 bits per heavy atom. The van der Waals surface area contributed by atoms with Gasteiger partial charge in [0.05, 0.1) is 10.9 Å². The summed E-state index contributed by atoms with van der Waals surface area (Å²) in [6, 6.07) is 9.66. The van der Waals surface area contributed by atoms with E-state index in [2.05, 4.69) is 15.5 Å². The lowest BCUT2D eigenvalue weighted by Gasteiger charge is -2.22. The second-order valence-electron chi connectivity index (χ2n) is 6.64. The standard InChI is InChI=1S/C19H16F2N4O3S2/c20-12-4-1-6-14(10-12)22-17(26)19-24-23-18(29-19)16-8-3-9-25(16)30(27,28)15-7-2-5-13(21)11-15/h1-2,4-7,10-11,16H,3,8-9H2,(H,22,26)/t16-/m1/s1. The molecule has 2 heterocycles. The van der Waals surface area contributed by atoms with Gasteiger partial charge in [-0.25, -0.2) is 17.2 Å². The quantitative estimate of drug-likeness (QED) is 0.641. The molecule has 1 aliphatic rings. The van der Waals surface area contributed by atoms with Gasteiger partial charge in [-0.1, -0.05) is 23.5 Å². The van der Waals surface area contributed by atoms with E-state index in [0.29, 0.717) is 17.8 Å². The molecule has 1 atom stereocenters. The van der Waals surface area contributed by atoms with E-state index in [1.807, 2.05) is 0 Å². The zero-order chi connectivity index (χ0) is 21.3. The molecule has 3 aromatic rings. The van der Waals surface area contributed by atoms with E-state index in [1.165, 1.54) is 46.8 Å². The van der Waals surface area contributed by atoms with E-state index in [-0.39, 0.29) is 22.1 Å². The van der Waals surface area contributed by atoms with Crippen LogP contribution in [0.2, 0.25) is 0 Å². The number of halogens is 2. The highest BCUT2D eigenvalue weighted by Gasteiger charge is 2.38. The van der Waals surface area contributed by atoms with E-state index in [0.717, 1.165) is 17.4 Å². The van der Waals surface area contributed by atoms with E-state index < -0.39 is 33.6 Å². The second-order valence-corrected chi connectivity index (χ2v) is 9.54. The summed E-state index contributed by atoms with van der Waals surface area (Å²) in [5, 5.41) is 10.8. The van der Waals surface area contributed by atoms with E-state index in [4.69, 9.17) is 0 Å². The number of carbonyl (C=O) groups excluding carboxylic acids is 1. The number of benzene rings is 2. The average molecular weight is 450 g/mol. The molecule has 30 heavy (non-hydrogen) atoms. The van der Waals surface area contributed by atoms with Gasteiger partial charge in [-0.05, 0) is 49.2 Å². The SMILES string of the molecule is O=C(Nc1cccc(F)c1)c1nnc([C@H]2CCCN2S(=O)(=O)c2cccc(F)c2)s1. The van der Waals surface area contributed by atoms with Gasteiger partial charge in [-0.3, -0.25) is 4.79 Å². The second kappa shape index (κ2) is 8.17. The first-order valence-corrected chi connectivity index (χ1v) is 11.3. The summed E-state index contributed by atoms with van der Waals surface area (Å²) in [7, 11) is -3.93. The lowest BCUT2D eigenvalue weighted by atomic mass is 10.2. The molecule has 2 aromatic carbocycles. The highest BCUT2D eigenvalue weighted by atomic mass is 32.2. The Balaban J connectivity index is 1.55. The molecular formula is C19H16F2N4O3S2. The molecule has 156 valence electrons. The van der Waals surface area contributed by atoms with Crippen molar-refractivity contribution in [3.05, 3.63) is 70.2 Å². The maximum absolute atomic E-state index is 13.5. The molecule has 0 aliphatic carbocycles. The molecule has 1 aliphatic heterocycles. The summed E-state index contributed by atoms with van der Waals surface area (Å²) in [6.45, 7) is 0.258. The van der Waals surface area contributed by atoms with Crippen molar-refractivity contribution < 1.29 is 22.0 Å². The van der Waals surface area contributed by atoms with Crippen LogP contribution >= 0.6 is 11.3 Å². The van der Waals surface area contributed by atoms with Crippen LogP contribution in [0.15, 0.2) is 53.4 Å². The van der Waals surface area contributed by atoms with Crippen molar-refractivity contribution >= 4 is 33.0 Å². The van der Waals surface area contributed by atoms with Crippen molar-refractivity contribution in [1.82, 2.24) is 14.5 Å². The zero-order valence-corrected chi connectivity index (χ0v) is 17.1. The largest absolute Gasteiger partial charge is 0.320 e. The Kier molecular flexibility index (Phi) is 5.58. The first-order valence-electron chi connectivity index (χ1n) is 9.02. The number of carbonyl (C=O) groups is 1. The molecule has 11 heteroatoms. The summed E-state index contributed by atoms with van der Waals surface area (Å²) < 4.78 is 54.0. The summed E-state index contributed by atoms with van der Waals surface area (Å²) >= 11 is 0.972. The molecule has 1 N–H and O–H groups in total. The normalized spacial score (nSPS) is 17.2. The first kappa shape index (κ1) is 20.5. The first-order chi connectivity index (χ1) is 14.3. The molecule has 1 fully saturated rings. The van der Waals surface area contributed by atoms with E-state index >= 15 is 0 Å². The van der Waals surface area contributed by atoms with Crippen LogP contribution in [-0.2, 0) is 10.0 Å². The lowest BCUT2D eigenvalue weighted by Crippen LogP contribution is -2.30. The molecule has 0 bridgehead atoms. The van der Waals surface area contributed by atoms with Crippen molar-refractivity contribution in [3.8, 4) is 0 Å². The highest BCUT2D eigenvalue weighted by molar-refractivity contribution is 7.89. The van der Waals surface area contributed by atoms with E-state index in [9.17, 15) is 22.0 Å². The van der Waals surface area contributed by atoms with Crippen molar-refractivity contribution in [3.63, 3.8) is 0 Å². The Morgan fingerprint density at radius 2 is 1.83 bits per heavy atom. The summed E-state index contributed by atoms with van der Waals surface area (Å²) in [4.78, 5) is 12.3. The molecule has 4 rings (SSSR count). The van der Waals surface area contributed by atoms with Crippen molar-refractivity contribution in [1.29, 1.82) is 0 Å². The zero-order valence-electron chi connectivity index (χ0n) is 15.5. The molecular weight excluding hydrogens is 434 g/mol. The predicted molar refractivity (Wildman–Crippen MR) is 107 cm³/mol. The van der Waals surface area contributed by atoms with Gasteiger partial charge in [0.2, 0.25) is 15.0 Å². The van der Waals surface area contributed by atoms with Crippen LogP contribution in [0.4, 0.5) is 14.5 Å². The van der Waals surface area contributed by atoms with Gasteiger partial charge < -0.3 is 5.32 Å². The van der Waals surface area contributed by atoms with Crippen LogP contribution in [-0.4, -0.2) is 35.4 Å². The fourth-order valence-electron chi connectivity index (χ4n) is 3.25. The minimum absolute atomic E-state index is 0.0317. The monoisotopic (exact) mass is 450 g/mol. The van der Waals surface area contributed by atoms with Gasteiger partial charge in [0.1, 0.15) is 16.6 Å². The molecule has 0 spiro atoms. The number of anilines is 1. The Morgan fingerprint density at radius 1 is 1.10 bits per heavy atom. The number of hydrogen-bond acceptors (Lipinski definition) is 6. The van der Waals surface area contributed by atoms with Gasteiger partial charge >= 0.3 is 0 Å². The predicted octanol–water partition coefficient (Wildman–Crippen LogP) is 3.59. The van der Waals surface area contributed by atoms with Crippen LogP contribution in [0.5, 0.6) is 0 Å². The number of aromatic nitrogens is 2. The Labute approximate surface area is 175 Å². The van der Waals surface area contributed by atoms with Crippen molar-refractivity contribution in [2.75, 3.05) is 11.9 Å². The van der Waals surface area contributed by atoms with E-state index in [1.54, 1.807) is 0 Å². The topological polar surface area (TPSA) is 92.3 Å². The number of nitrogens with one attached hydrogen (secondary N) is 1. The Bertz CT molecular complexity index is 1200. The third-order valence-corrected chi connectivity index (χ3v) is 7.54. The third-order valence-electron chi connectivity index (χ3n) is 4.61. The number of amides is 1. The molecule has 0 saturated carbocycles. The minimum Gasteiger partial charge on any atom is -0.320 e. The molecule has 0 radical (unpaired) electrons. The molecule has 1 amide bonds. The molecule has 7 nitrogen and oxygen atoms in total. The Hall–Kier alpha value is -2.76. The summed E-state index contributed by atoms with van der Waals surface area (Å²) in [6.07, 6.45) is 1.11. The van der Waals surface area contributed by atoms with Gasteiger partial charge in [0.25, 0.3) is 5.91 Å². The number of hydrogen-bond donors (Lipinski definition) is 1. The molecule has 1 saturated heterocycles. The van der Waals surface area contributed by atoms with Gasteiger partial charge in [0.15, 0.2) is 0 Å². The lowest BCUT2D eigenvalue weighted by molar-refractivity contribution is 0.102. The maximum Gasteiger partial charge on any atom is 0.286 e. The van der Waals surface area contributed by atoms with Crippen LogP contribution in [0, 0.1) is 11.6 Å². The summed E-state index contributed by atoms with van der Waals surface area (Å²) in [5.74, 6) is -1.70. The van der Waals surface area contributed by atoms with Crippen LogP contribution in [0.1, 0.15) is 33.7 Å². The van der Waals surface area contributed by atoms with Crippen LogP contribution < -0.4 is 5.32 Å².